The number of aromatic nitrogens is 3. The highest BCUT2D eigenvalue weighted by Gasteiger charge is 2.37. The predicted octanol–water partition coefficient (Wildman–Crippen LogP) is 5.84. The number of hydrogen-bond donors (Lipinski definition) is 1. The van der Waals surface area contributed by atoms with Gasteiger partial charge in [-0.2, -0.15) is 9.97 Å². The second-order valence-electron chi connectivity index (χ2n) is 13.8. The minimum Gasteiger partial charge on any atom is -0.480 e. The van der Waals surface area contributed by atoms with E-state index in [-0.39, 0.29) is 73.0 Å². The van der Waals surface area contributed by atoms with Gasteiger partial charge in [0.15, 0.2) is 12.6 Å². The first-order valence-corrected chi connectivity index (χ1v) is 16.9. The van der Waals surface area contributed by atoms with Crippen molar-refractivity contribution in [1.29, 1.82) is 0 Å². The van der Waals surface area contributed by atoms with E-state index in [9.17, 15) is 9.50 Å². The van der Waals surface area contributed by atoms with Gasteiger partial charge in [-0.05, 0) is 66.9 Å². The van der Waals surface area contributed by atoms with Crippen LogP contribution in [0.4, 0.5) is 19.0 Å². The number of hydrogen-bond acceptors (Lipinski definition) is 11. The number of ether oxygens (including phenoxy) is 5. The van der Waals surface area contributed by atoms with Crippen molar-refractivity contribution in [2.75, 3.05) is 79.0 Å². The lowest BCUT2D eigenvalue weighted by Crippen LogP contribution is -2.44. The van der Waals surface area contributed by atoms with Crippen LogP contribution in [0.2, 0.25) is 0 Å². The van der Waals surface area contributed by atoms with Crippen LogP contribution in [0.1, 0.15) is 32.8 Å². The van der Waals surface area contributed by atoms with Crippen LogP contribution >= 0.6 is 0 Å². The monoisotopic (exact) mass is 711 g/mol. The van der Waals surface area contributed by atoms with Gasteiger partial charge in [-0.25, -0.2) is 18.2 Å². The number of aliphatic hydroxyl groups is 1. The molecule has 2 aliphatic rings. The van der Waals surface area contributed by atoms with Crippen molar-refractivity contribution < 1.29 is 42.0 Å². The van der Waals surface area contributed by atoms with E-state index in [2.05, 4.69) is 14.9 Å². The molecule has 2 saturated heterocycles. The molecule has 2 atom stereocenters. The van der Waals surface area contributed by atoms with Crippen molar-refractivity contribution in [3.63, 3.8) is 0 Å². The van der Waals surface area contributed by atoms with Crippen LogP contribution in [-0.4, -0.2) is 105 Å². The Morgan fingerprint density at radius 2 is 1.84 bits per heavy atom. The standard InChI is InChI=1S/C37H44F3N5O6/c1-7-25-27(39)9-8-22-14-24(51-21-47-5)15-26(28(22)25)31-30(40)32-29(34(41-31)48-6)33(45-12-13-49-20-37(3,46)18-45)43-35(42-32)50-19-36(2)17-44(4)11-10-23(36)16-38/h8-9,14-16,46H,7,10-13,17-21H2,1-6H3/b23-16+. The van der Waals surface area contributed by atoms with Crippen molar-refractivity contribution in [3.8, 4) is 28.9 Å². The molecule has 0 spiro atoms. The first-order valence-electron chi connectivity index (χ1n) is 16.9. The molecule has 11 nitrogen and oxygen atoms in total. The van der Waals surface area contributed by atoms with E-state index in [1.54, 1.807) is 30.0 Å². The zero-order valence-electron chi connectivity index (χ0n) is 29.8. The van der Waals surface area contributed by atoms with Crippen molar-refractivity contribution in [3.05, 3.63) is 53.4 Å². The molecule has 0 bridgehead atoms. The summed E-state index contributed by atoms with van der Waals surface area (Å²) in [6.45, 7) is 7.26. The summed E-state index contributed by atoms with van der Waals surface area (Å²) in [5, 5.41) is 12.3. The fraction of sp³-hybridized carbons (Fsp3) is 0.486. The number of methoxy groups -OCH3 is 2. The molecule has 2 unspecified atom stereocenters. The fourth-order valence-electron chi connectivity index (χ4n) is 7.08. The number of halogens is 3. The van der Waals surface area contributed by atoms with Crippen molar-refractivity contribution in [1.82, 2.24) is 19.9 Å². The molecule has 14 heteroatoms. The van der Waals surface area contributed by atoms with Gasteiger partial charge < -0.3 is 38.6 Å². The summed E-state index contributed by atoms with van der Waals surface area (Å²) in [5.41, 5.74) is -1.06. The van der Waals surface area contributed by atoms with Gasteiger partial charge in [0.25, 0.3) is 0 Å². The normalized spacial score (nSPS) is 22.5. The lowest BCUT2D eigenvalue weighted by Gasteiger charge is -2.40. The quantitative estimate of drug-likeness (QED) is 0.201. The number of pyridine rings is 1. The maximum Gasteiger partial charge on any atom is 0.319 e. The molecule has 0 amide bonds. The molecule has 0 aliphatic carbocycles. The molecule has 51 heavy (non-hydrogen) atoms. The van der Waals surface area contributed by atoms with Crippen LogP contribution in [0, 0.1) is 17.0 Å². The van der Waals surface area contributed by atoms with E-state index in [1.165, 1.54) is 20.3 Å². The number of piperidine rings is 1. The van der Waals surface area contributed by atoms with Crippen LogP contribution in [-0.2, 0) is 15.9 Å². The Morgan fingerprint density at radius 1 is 1.04 bits per heavy atom. The van der Waals surface area contributed by atoms with Crippen molar-refractivity contribution >= 4 is 27.5 Å². The van der Waals surface area contributed by atoms with Gasteiger partial charge in [-0.1, -0.05) is 19.9 Å². The van der Waals surface area contributed by atoms with Crippen molar-refractivity contribution in [2.24, 2.45) is 5.41 Å². The SMILES string of the molecule is CCc1c(F)ccc2cc(OCOC)cc(-c3nc(OC)c4c(N5CCOCC(C)(O)C5)nc(OCC5(C)CN(C)CC/C5=C\F)nc4c3F)c12. The number of nitrogens with zero attached hydrogens (tertiary/aromatic N) is 5. The molecule has 1 N–H and O–H groups in total. The fourth-order valence-corrected chi connectivity index (χ4v) is 7.08. The van der Waals surface area contributed by atoms with E-state index in [4.69, 9.17) is 28.7 Å². The summed E-state index contributed by atoms with van der Waals surface area (Å²) in [6.07, 6.45) is 1.49. The van der Waals surface area contributed by atoms with Gasteiger partial charge in [0.05, 0.1) is 33.2 Å². The van der Waals surface area contributed by atoms with E-state index >= 15 is 8.78 Å². The molecular weight excluding hydrogens is 667 g/mol. The summed E-state index contributed by atoms with van der Waals surface area (Å²) < 4.78 is 75.2. The van der Waals surface area contributed by atoms with Gasteiger partial charge in [-0.3, -0.25) is 0 Å². The zero-order chi connectivity index (χ0) is 36.5. The van der Waals surface area contributed by atoms with Gasteiger partial charge >= 0.3 is 6.01 Å². The summed E-state index contributed by atoms with van der Waals surface area (Å²) in [7, 11) is 4.84. The average Bonchev–Trinajstić information content (AvgIpc) is 3.29. The molecule has 0 radical (unpaired) electrons. The number of aryl methyl sites for hydroxylation is 1. The molecule has 2 aromatic heterocycles. The van der Waals surface area contributed by atoms with Gasteiger partial charge in [0.1, 0.15) is 46.2 Å². The number of anilines is 1. The molecule has 4 aromatic rings. The van der Waals surface area contributed by atoms with Crippen LogP contribution in [0.3, 0.4) is 0 Å². The number of benzene rings is 2. The first-order chi connectivity index (χ1) is 24.4. The summed E-state index contributed by atoms with van der Waals surface area (Å²) >= 11 is 0. The maximum atomic E-state index is 17.3. The second-order valence-corrected chi connectivity index (χ2v) is 13.8. The highest BCUT2D eigenvalue weighted by atomic mass is 19.1. The minimum atomic E-state index is -1.27. The second kappa shape index (κ2) is 14.8. The highest BCUT2D eigenvalue weighted by Crippen LogP contribution is 2.43. The summed E-state index contributed by atoms with van der Waals surface area (Å²) in [6, 6.07) is 6.13. The molecular formula is C37H44F3N5O6. The Kier molecular flexibility index (Phi) is 10.6. The highest BCUT2D eigenvalue weighted by molar-refractivity contribution is 6.03. The summed E-state index contributed by atoms with van der Waals surface area (Å²) in [5.74, 6) is -0.701. The first kappa shape index (κ1) is 36.5. The topological polar surface area (TPSA) is 112 Å². The largest absolute Gasteiger partial charge is 0.480 e. The third-order valence-electron chi connectivity index (χ3n) is 9.56. The van der Waals surface area contributed by atoms with Crippen LogP contribution in [0.25, 0.3) is 32.9 Å². The minimum absolute atomic E-state index is 0.00193. The number of β-amino-alcohol motifs (C(OH)–C–C–N with tert-alkyl or cyclic N) is 1. The number of rotatable bonds is 10. The van der Waals surface area contributed by atoms with E-state index < -0.39 is 22.7 Å². The number of fused-ring (bicyclic) bond motifs is 2. The van der Waals surface area contributed by atoms with E-state index in [1.807, 2.05) is 20.9 Å². The zero-order valence-corrected chi connectivity index (χ0v) is 29.8. The molecule has 6 rings (SSSR count). The van der Waals surface area contributed by atoms with Crippen LogP contribution in [0.15, 0.2) is 36.2 Å². The lowest BCUT2D eigenvalue weighted by molar-refractivity contribution is -0.0123. The van der Waals surface area contributed by atoms with E-state index in [0.29, 0.717) is 66.5 Å². The Labute approximate surface area is 294 Å². The van der Waals surface area contributed by atoms with Crippen LogP contribution < -0.4 is 19.1 Å². The molecule has 2 fully saturated rings. The average molecular weight is 712 g/mol. The Morgan fingerprint density at radius 3 is 2.57 bits per heavy atom. The Hall–Kier alpha value is -4.24. The van der Waals surface area contributed by atoms with Gasteiger partial charge in [0, 0.05) is 37.7 Å². The van der Waals surface area contributed by atoms with E-state index in [0.717, 1.165) is 0 Å². The molecule has 0 saturated carbocycles. The molecule has 2 aliphatic heterocycles. The third-order valence-corrected chi connectivity index (χ3v) is 9.56. The Bertz CT molecular complexity index is 1960. The smallest absolute Gasteiger partial charge is 0.319 e. The predicted molar refractivity (Wildman–Crippen MR) is 187 cm³/mol. The molecule has 2 aromatic carbocycles. The number of likely N-dealkylation sites (tertiary alicyclic amines) is 1. The van der Waals surface area contributed by atoms with Crippen LogP contribution in [0.5, 0.6) is 17.6 Å². The molecule has 4 heterocycles. The van der Waals surface area contributed by atoms with Crippen molar-refractivity contribution in [2.45, 2.75) is 39.2 Å². The van der Waals surface area contributed by atoms with Gasteiger partial charge in [-0.15, -0.1) is 0 Å². The Balaban J connectivity index is 1.60. The molecule has 274 valence electrons. The lowest BCUT2D eigenvalue weighted by atomic mass is 9.78. The summed E-state index contributed by atoms with van der Waals surface area (Å²) in [4.78, 5) is 17.8. The third kappa shape index (κ3) is 7.27. The van der Waals surface area contributed by atoms with Gasteiger partial charge in [0.2, 0.25) is 5.88 Å². The maximum absolute atomic E-state index is 17.3.